The third-order valence-corrected chi connectivity index (χ3v) is 8.88. The van der Waals surface area contributed by atoms with E-state index in [1.807, 2.05) is 39.0 Å². The first-order valence-corrected chi connectivity index (χ1v) is 14.2. The van der Waals surface area contributed by atoms with Crippen LogP contribution < -0.4 is 4.74 Å². The van der Waals surface area contributed by atoms with Crippen LogP contribution in [0.1, 0.15) is 38.9 Å². The van der Waals surface area contributed by atoms with E-state index in [1.165, 1.54) is 0 Å². The van der Waals surface area contributed by atoms with Crippen molar-refractivity contribution in [2.24, 2.45) is 23.7 Å². The van der Waals surface area contributed by atoms with Crippen LogP contribution in [0.4, 0.5) is 13.2 Å². The van der Waals surface area contributed by atoms with Crippen LogP contribution in [-0.4, -0.2) is 42.0 Å². The fraction of sp³-hybridized carbons (Fsp3) is 0.609. The van der Waals surface area contributed by atoms with Gasteiger partial charge in [0.15, 0.2) is 18.3 Å². The van der Waals surface area contributed by atoms with Gasteiger partial charge in [-0.1, -0.05) is 12.2 Å². The average Bonchev–Trinajstić information content (AvgIpc) is 3.14. The molecule has 4 rings (SSSR count). The Bertz CT molecular complexity index is 1030. The predicted octanol–water partition coefficient (Wildman–Crippen LogP) is 5.95. The van der Waals surface area contributed by atoms with E-state index < -0.39 is 43.2 Å². The molecule has 1 aliphatic heterocycles. The maximum absolute atomic E-state index is 13.3. The van der Waals surface area contributed by atoms with Crippen molar-refractivity contribution in [2.45, 2.75) is 57.7 Å². The molecule has 2 fully saturated rings. The molecule has 1 aromatic rings. The zero-order valence-electron chi connectivity index (χ0n) is 18.9. The number of halogens is 6. The van der Waals surface area contributed by atoms with Crippen molar-refractivity contribution in [1.29, 1.82) is 0 Å². The minimum atomic E-state index is -4.58. The predicted molar refractivity (Wildman–Crippen MR) is 144 cm³/mol. The van der Waals surface area contributed by atoms with E-state index in [0.717, 1.165) is 9.13 Å². The monoisotopic (exact) mass is 834 g/mol. The van der Waals surface area contributed by atoms with Gasteiger partial charge in [-0.2, -0.15) is 13.2 Å². The molecule has 6 nitrogen and oxygen atoms in total. The summed E-state index contributed by atoms with van der Waals surface area (Å²) in [5.74, 6) is -2.32. The zero-order valence-corrected chi connectivity index (χ0v) is 25.4. The first-order chi connectivity index (χ1) is 16.2. The summed E-state index contributed by atoms with van der Waals surface area (Å²) in [4.78, 5) is 13.3. The topological polar surface area (TPSA) is 77.5 Å². The van der Waals surface area contributed by atoms with E-state index in [-0.39, 0.29) is 23.5 Å². The summed E-state index contributed by atoms with van der Waals surface area (Å²) >= 11 is 6.42. The van der Waals surface area contributed by atoms with E-state index >= 15 is 0 Å². The van der Waals surface area contributed by atoms with Crippen LogP contribution in [0.15, 0.2) is 18.2 Å². The van der Waals surface area contributed by atoms with Crippen molar-refractivity contribution < 1.29 is 42.0 Å². The van der Waals surface area contributed by atoms with Crippen LogP contribution in [-0.2, 0) is 19.0 Å². The van der Waals surface area contributed by atoms with Gasteiger partial charge >= 0.3 is 12.1 Å². The lowest BCUT2D eigenvalue weighted by Crippen LogP contribution is -2.40. The van der Waals surface area contributed by atoms with Gasteiger partial charge in [-0.15, -0.1) is 0 Å². The fourth-order valence-corrected chi connectivity index (χ4v) is 8.93. The Balaban J connectivity index is 1.54. The highest BCUT2D eigenvalue weighted by Gasteiger charge is 2.53. The van der Waals surface area contributed by atoms with Crippen LogP contribution in [0.25, 0.3) is 0 Å². The summed E-state index contributed by atoms with van der Waals surface area (Å²) in [6.07, 6.45) is -2.74. The molecule has 1 saturated carbocycles. The van der Waals surface area contributed by atoms with Gasteiger partial charge in [0.1, 0.15) is 12.7 Å². The molecule has 2 bridgehead atoms. The van der Waals surface area contributed by atoms with Gasteiger partial charge in [-0.25, -0.2) is 0 Å². The van der Waals surface area contributed by atoms with E-state index in [4.69, 9.17) is 18.9 Å². The number of esters is 1. The molecular weight excluding hydrogens is 810 g/mol. The molecule has 35 heavy (non-hydrogen) atoms. The standard InChI is InChI=1S/C23H24F3I3O6/c1-22(2,3)35-21-18(34-21)15-11(27)7-12(28)17(16(15)29)33-20(31)14-10-5-4-9(6-10)13(14)19(30)32-8-23(24,25)26/h4-5,7,9-10,13-14,18-19,21,30H,6,8H2,1-3H3. The number of aliphatic hydroxyl groups excluding tert-OH is 1. The lowest BCUT2D eigenvalue weighted by molar-refractivity contribution is -0.234. The Morgan fingerprint density at radius 3 is 2.46 bits per heavy atom. The Morgan fingerprint density at radius 2 is 1.83 bits per heavy atom. The van der Waals surface area contributed by atoms with Crippen molar-refractivity contribution in [2.75, 3.05) is 6.61 Å². The van der Waals surface area contributed by atoms with Gasteiger partial charge in [-0.05, 0) is 113 Å². The first kappa shape index (κ1) is 28.3. The lowest BCUT2D eigenvalue weighted by Gasteiger charge is -2.30. The smallest absolute Gasteiger partial charge is 0.411 e. The lowest BCUT2D eigenvalue weighted by atomic mass is 9.82. The molecule has 0 aromatic heterocycles. The van der Waals surface area contributed by atoms with E-state index in [2.05, 4.69) is 67.8 Å². The Morgan fingerprint density at radius 1 is 1.17 bits per heavy atom. The summed E-state index contributed by atoms with van der Waals surface area (Å²) in [5.41, 5.74) is 0.482. The van der Waals surface area contributed by atoms with Crippen molar-refractivity contribution in [3.63, 3.8) is 0 Å². The summed E-state index contributed by atoms with van der Waals surface area (Å²) in [5, 5.41) is 10.4. The molecule has 1 N–H and O–H groups in total. The highest BCUT2D eigenvalue weighted by atomic mass is 127. The molecule has 7 unspecified atom stereocenters. The second kappa shape index (κ2) is 10.4. The normalized spacial score (nSPS) is 30.6. The van der Waals surface area contributed by atoms with Crippen LogP contribution >= 0.6 is 67.8 Å². The van der Waals surface area contributed by atoms with Gasteiger partial charge in [-0.3, -0.25) is 4.79 Å². The number of allylic oxidation sites excluding steroid dienone is 2. The van der Waals surface area contributed by atoms with E-state index in [1.54, 1.807) is 0 Å². The van der Waals surface area contributed by atoms with Crippen molar-refractivity contribution >= 4 is 73.7 Å². The molecule has 1 heterocycles. The Hall–Kier alpha value is 0.250. The number of benzene rings is 1. The fourth-order valence-electron chi connectivity index (χ4n) is 4.72. The van der Waals surface area contributed by atoms with Gasteiger partial charge in [0.2, 0.25) is 0 Å². The molecule has 1 saturated heterocycles. The third kappa shape index (κ3) is 6.46. The molecule has 194 valence electrons. The number of ether oxygens (including phenoxy) is 4. The number of epoxide rings is 1. The molecule has 12 heteroatoms. The molecule has 0 spiro atoms. The van der Waals surface area contributed by atoms with Crippen LogP contribution in [0.5, 0.6) is 5.75 Å². The van der Waals surface area contributed by atoms with Crippen LogP contribution in [0.3, 0.4) is 0 Å². The molecule has 7 atom stereocenters. The second-order valence-electron chi connectivity index (χ2n) is 9.84. The summed E-state index contributed by atoms with van der Waals surface area (Å²) in [7, 11) is 0. The summed E-state index contributed by atoms with van der Waals surface area (Å²) in [6.45, 7) is 4.24. The Labute approximate surface area is 242 Å². The SMILES string of the molecule is CC(C)(C)OC1OC1c1c(I)cc(I)c(OC(=O)C2C3C=CC(C3)C2C(O)OCC(F)(F)F)c1I. The third-order valence-electron chi connectivity index (χ3n) is 6.11. The number of carbonyl (C=O) groups excluding carboxylic acids is 1. The number of aliphatic hydroxyl groups is 1. The van der Waals surface area contributed by atoms with Crippen LogP contribution in [0, 0.1) is 34.4 Å². The highest BCUT2D eigenvalue weighted by Crippen LogP contribution is 2.51. The molecule has 0 radical (unpaired) electrons. The molecule has 2 aliphatic carbocycles. The molecule has 1 aromatic carbocycles. The van der Waals surface area contributed by atoms with Crippen molar-refractivity contribution in [1.82, 2.24) is 0 Å². The van der Waals surface area contributed by atoms with Gasteiger partial charge in [0.05, 0.1) is 18.7 Å². The first-order valence-electron chi connectivity index (χ1n) is 10.9. The number of hydrogen-bond donors (Lipinski definition) is 1. The Kier molecular flexibility index (Phi) is 8.42. The number of alkyl halides is 3. The minimum Gasteiger partial charge on any atom is -0.424 e. The summed E-state index contributed by atoms with van der Waals surface area (Å²) < 4.78 is 62.5. The van der Waals surface area contributed by atoms with Crippen molar-refractivity contribution in [3.05, 3.63) is 34.5 Å². The quantitative estimate of drug-likeness (QED) is 0.0915. The highest BCUT2D eigenvalue weighted by molar-refractivity contribution is 14.1. The van der Waals surface area contributed by atoms with E-state index in [9.17, 15) is 23.1 Å². The van der Waals surface area contributed by atoms with E-state index in [0.29, 0.717) is 19.3 Å². The van der Waals surface area contributed by atoms with Gasteiger partial charge in [0.25, 0.3) is 0 Å². The number of fused-ring (bicyclic) bond motifs is 2. The number of hydrogen-bond acceptors (Lipinski definition) is 6. The number of carbonyl (C=O) groups is 1. The second-order valence-corrected chi connectivity index (χ2v) is 13.2. The van der Waals surface area contributed by atoms with Gasteiger partial charge in [0, 0.05) is 15.1 Å². The maximum atomic E-state index is 13.3. The average molecular weight is 834 g/mol. The molecule has 0 amide bonds. The minimum absolute atomic E-state index is 0.225. The maximum Gasteiger partial charge on any atom is 0.411 e. The van der Waals surface area contributed by atoms with Gasteiger partial charge < -0.3 is 24.1 Å². The van der Waals surface area contributed by atoms with Crippen LogP contribution in [0.2, 0.25) is 0 Å². The summed E-state index contributed by atoms with van der Waals surface area (Å²) in [6, 6.07) is 1.89. The molecular formula is C23H24F3I3O6. The zero-order chi connectivity index (χ0) is 25.9. The largest absolute Gasteiger partial charge is 0.424 e. The number of rotatable bonds is 7. The molecule has 3 aliphatic rings. The van der Waals surface area contributed by atoms with Crippen molar-refractivity contribution in [3.8, 4) is 5.75 Å².